The first-order valence-corrected chi connectivity index (χ1v) is 6.94. The molecule has 19 heavy (non-hydrogen) atoms. The highest BCUT2D eigenvalue weighted by molar-refractivity contribution is 5.38. The molecule has 0 bridgehead atoms. The van der Waals surface area contributed by atoms with E-state index in [1.807, 2.05) is 0 Å². The number of rotatable bonds is 5. The Morgan fingerprint density at radius 3 is 2.21 bits per heavy atom. The zero-order valence-corrected chi connectivity index (χ0v) is 13.2. The van der Waals surface area contributed by atoms with Crippen LogP contribution in [0.1, 0.15) is 51.3 Å². The van der Waals surface area contributed by atoms with Crippen molar-refractivity contribution in [1.29, 1.82) is 0 Å². The van der Waals surface area contributed by atoms with Gasteiger partial charge in [-0.05, 0) is 29.0 Å². The molecule has 0 aromatic heterocycles. The van der Waals surface area contributed by atoms with Crippen molar-refractivity contribution in [3.63, 3.8) is 0 Å². The maximum atomic E-state index is 5.28. The molecule has 0 atom stereocenters. The van der Waals surface area contributed by atoms with Gasteiger partial charge in [-0.15, -0.1) is 0 Å². The zero-order valence-electron chi connectivity index (χ0n) is 13.2. The Bertz CT molecular complexity index is 416. The lowest BCUT2D eigenvalue weighted by Gasteiger charge is -2.29. The van der Waals surface area contributed by atoms with Gasteiger partial charge < -0.3 is 5.32 Å². The van der Waals surface area contributed by atoms with Gasteiger partial charge in [0.05, 0.1) is 6.67 Å². The van der Waals surface area contributed by atoms with Gasteiger partial charge in [-0.2, -0.15) is 0 Å². The third-order valence-corrected chi connectivity index (χ3v) is 3.62. The lowest BCUT2D eigenvalue weighted by molar-refractivity contribution is 0.452. The first kappa shape index (κ1) is 16.2. The van der Waals surface area contributed by atoms with Crippen molar-refractivity contribution < 1.29 is 0 Å². The molecule has 0 aliphatic heterocycles. The minimum absolute atomic E-state index is 0.0946. The molecule has 4 N–H and O–H groups in total. The van der Waals surface area contributed by atoms with Crippen LogP contribution in [-0.4, -0.2) is 13.2 Å². The van der Waals surface area contributed by atoms with E-state index in [-0.39, 0.29) is 10.8 Å². The summed E-state index contributed by atoms with van der Waals surface area (Å²) in [4.78, 5) is 0. The molecular formula is C16H29N3. The van der Waals surface area contributed by atoms with Gasteiger partial charge in [0.1, 0.15) is 0 Å². The number of nitrogens with one attached hydrogen (secondary N) is 2. The van der Waals surface area contributed by atoms with Crippen molar-refractivity contribution in [3.8, 4) is 0 Å². The van der Waals surface area contributed by atoms with E-state index in [1.165, 1.54) is 16.7 Å². The van der Waals surface area contributed by atoms with Gasteiger partial charge >= 0.3 is 0 Å². The fourth-order valence-electron chi connectivity index (χ4n) is 2.43. The number of nitrogens with two attached hydrogens (primary N) is 1. The van der Waals surface area contributed by atoms with Crippen LogP contribution in [0.2, 0.25) is 0 Å². The molecule has 0 aliphatic carbocycles. The molecule has 3 nitrogen and oxygen atoms in total. The van der Waals surface area contributed by atoms with E-state index < -0.39 is 0 Å². The molecule has 0 fully saturated rings. The monoisotopic (exact) mass is 263 g/mol. The highest BCUT2D eigenvalue weighted by Crippen LogP contribution is 2.30. The number of hydrogen-bond acceptors (Lipinski definition) is 3. The summed E-state index contributed by atoms with van der Waals surface area (Å²) < 4.78 is 0. The quantitative estimate of drug-likeness (QED) is 0.331. The lowest BCUT2D eigenvalue weighted by Crippen LogP contribution is -2.40. The smallest absolute Gasteiger partial charge is 0.0587 e. The summed E-state index contributed by atoms with van der Waals surface area (Å²) in [5.41, 5.74) is 7.07. The fourth-order valence-corrected chi connectivity index (χ4v) is 2.43. The van der Waals surface area contributed by atoms with Crippen molar-refractivity contribution >= 4 is 0 Å². The van der Waals surface area contributed by atoms with Gasteiger partial charge in [-0.3, -0.25) is 5.84 Å². The minimum Gasteiger partial charge on any atom is -0.303 e. The molecule has 0 saturated heterocycles. The summed E-state index contributed by atoms with van der Waals surface area (Å²) in [6, 6.07) is 6.84. The number of hydrogen-bond donors (Lipinski definition) is 3. The number of hydrazine groups is 1. The molecule has 0 amide bonds. The molecule has 1 rings (SSSR count). The topological polar surface area (TPSA) is 50.1 Å². The van der Waals surface area contributed by atoms with Crippen molar-refractivity contribution in [3.05, 3.63) is 34.9 Å². The van der Waals surface area contributed by atoms with Gasteiger partial charge in [0.25, 0.3) is 0 Å². The average Bonchev–Trinajstić information content (AvgIpc) is 2.27. The van der Waals surface area contributed by atoms with Gasteiger partial charge in [-0.1, -0.05) is 52.8 Å². The first-order chi connectivity index (χ1) is 8.68. The zero-order chi connectivity index (χ0) is 14.7. The fraction of sp³-hybridized carbons (Fsp3) is 0.625. The van der Waals surface area contributed by atoms with Crippen molar-refractivity contribution in [2.24, 2.45) is 5.84 Å². The van der Waals surface area contributed by atoms with Crippen LogP contribution in [0.4, 0.5) is 0 Å². The summed E-state index contributed by atoms with van der Waals surface area (Å²) in [6.45, 7) is 15.0. The van der Waals surface area contributed by atoms with E-state index in [1.54, 1.807) is 0 Å². The lowest BCUT2D eigenvalue weighted by atomic mass is 9.78. The Morgan fingerprint density at radius 2 is 1.74 bits per heavy atom. The highest BCUT2D eigenvalue weighted by atomic mass is 15.3. The number of aryl methyl sites for hydroxylation is 1. The van der Waals surface area contributed by atoms with Crippen molar-refractivity contribution in [2.75, 3.05) is 13.2 Å². The second-order valence-corrected chi connectivity index (χ2v) is 6.97. The summed E-state index contributed by atoms with van der Waals surface area (Å²) in [6.07, 6.45) is 0. The van der Waals surface area contributed by atoms with E-state index in [0.717, 1.165) is 6.54 Å². The third-order valence-electron chi connectivity index (χ3n) is 3.62. The Balaban J connectivity index is 2.95. The van der Waals surface area contributed by atoms with E-state index in [2.05, 4.69) is 70.5 Å². The normalized spacial score (nSPS) is 12.8. The Morgan fingerprint density at radius 1 is 1.11 bits per heavy atom. The average molecular weight is 263 g/mol. The van der Waals surface area contributed by atoms with Crippen LogP contribution in [0.3, 0.4) is 0 Å². The molecule has 0 saturated carbocycles. The Hall–Kier alpha value is -0.900. The summed E-state index contributed by atoms with van der Waals surface area (Å²) in [5.74, 6) is 5.28. The van der Waals surface area contributed by atoms with Gasteiger partial charge in [0.2, 0.25) is 0 Å². The molecule has 0 spiro atoms. The molecule has 1 aromatic rings. The van der Waals surface area contributed by atoms with E-state index in [9.17, 15) is 0 Å². The summed E-state index contributed by atoms with van der Waals surface area (Å²) >= 11 is 0. The Labute approximate surface area is 117 Å². The number of benzene rings is 1. The Kier molecular flexibility index (Phi) is 5.13. The third kappa shape index (κ3) is 4.30. The van der Waals surface area contributed by atoms with Crippen LogP contribution in [-0.2, 0) is 10.8 Å². The van der Waals surface area contributed by atoms with E-state index >= 15 is 0 Å². The second-order valence-electron chi connectivity index (χ2n) is 6.97. The van der Waals surface area contributed by atoms with Crippen LogP contribution < -0.4 is 16.6 Å². The second kappa shape index (κ2) is 6.04. The van der Waals surface area contributed by atoms with E-state index in [4.69, 9.17) is 5.84 Å². The van der Waals surface area contributed by atoms with Crippen molar-refractivity contribution in [1.82, 2.24) is 10.7 Å². The van der Waals surface area contributed by atoms with Crippen LogP contribution in [0.25, 0.3) is 0 Å². The van der Waals surface area contributed by atoms with Crippen LogP contribution in [0, 0.1) is 6.92 Å². The van der Waals surface area contributed by atoms with Crippen LogP contribution in [0.5, 0.6) is 0 Å². The predicted octanol–water partition coefficient (Wildman–Crippen LogP) is 2.58. The first-order valence-electron chi connectivity index (χ1n) is 6.94. The standard InChI is InChI=1S/C16H29N3/c1-12-9-13(15(2,3)4)7-8-14(12)16(5,6)10-18-11-19-17/h7-9,18-19H,10-11,17H2,1-6H3. The molecular weight excluding hydrogens is 234 g/mol. The van der Waals surface area contributed by atoms with Crippen molar-refractivity contribution in [2.45, 2.75) is 52.4 Å². The molecule has 0 unspecified atom stereocenters. The predicted molar refractivity (Wildman–Crippen MR) is 83.1 cm³/mol. The molecule has 1 aromatic carbocycles. The largest absolute Gasteiger partial charge is 0.303 e. The maximum Gasteiger partial charge on any atom is 0.0587 e. The maximum absolute atomic E-state index is 5.28. The summed E-state index contributed by atoms with van der Waals surface area (Å²) in [7, 11) is 0. The van der Waals surface area contributed by atoms with Gasteiger partial charge in [0, 0.05) is 12.0 Å². The van der Waals surface area contributed by atoms with Gasteiger partial charge in [-0.25, -0.2) is 5.43 Å². The van der Waals surface area contributed by atoms with E-state index in [0.29, 0.717) is 6.67 Å². The van der Waals surface area contributed by atoms with Crippen LogP contribution in [0.15, 0.2) is 18.2 Å². The molecule has 108 valence electrons. The minimum atomic E-state index is 0.0946. The molecule has 0 heterocycles. The molecule has 0 aliphatic rings. The van der Waals surface area contributed by atoms with Crippen LogP contribution >= 0.6 is 0 Å². The SMILES string of the molecule is Cc1cc(C(C)(C)C)ccc1C(C)(C)CNCNN. The summed E-state index contributed by atoms with van der Waals surface area (Å²) in [5, 5.41) is 3.31. The molecule has 0 radical (unpaired) electrons. The molecule has 3 heteroatoms. The highest BCUT2D eigenvalue weighted by Gasteiger charge is 2.23. The van der Waals surface area contributed by atoms with Gasteiger partial charge in [0.15, 0.2) is 0 Å².